The van der Waals surface area contributed by atoms with Crippen LogP contribution < -0.4 is 19.7 Å². The van der Waals surface area contributed by atoms with Gasteiger partial charge in [0.15, 0.2) is 5.65 Å². The van der Waals surface area contributed by atoms with E-state index in [1.54, 1.807) is 7.11 Å². The third kappa shape index (κ3) is 4.01. The topological polar surface area (TPSA) is 105 Å². The fourth-order valence-electron chi connectivity index (χ4n) is 5.90. The number of methoxy groups -OCH3 is 1. The molecule has 0 amide bonds. The van der Waals surface area contributed by atoms with Gasteiger partial charge in [-0.2, -0.15) is 5.10 Å². The highest BCUT2D eigenvalue weighted by molar-refractivity contribution is 6.00. The summed E-state index contributed by atoms with van der Waals surface area (Å²) in [6.07, 6.45) is 7.57. The van der Waals surface area contributed by atoms with E-state index in [4.69, 9.17) is 14.5 Å². The molecule has 0 radical (unpaired) electrons. The van der Waals surface area contributed by atoms with Gasteiger partial charge in [0.1, 0.15) is 11.6 Å². The third-order valence-electron chi connectivity index (χ3n) is 7.88. The van der Waals surface area contributed by atoms with Gasteiger partial charge in [-0.1, -0.05) is 6.07 Å². The second kappa shape index (κ2) is 9.29. The van der Waals surface area contributed by atoms with Crippen LogP contribution in [0.15, 0.2) is 55.1 Å². The number of aromatic nitrogens is 6. The quantitative estimate of drug-likeness (QED) is 0.310. The molecule has 2 N–H and O–H groups in total. The Hall–Kier alpha value is -4.18. The van der Waals surface area contributed by atoms with Gasteiger partial charge in [-0.15, -0.1) is 5.10 Å². The number of fused-ring (bicyclic) bond motifs is 4. The molecule has 0 aromatic carbocycles. The zero-order valence-corrected chi connectivity index (χ0v) is 21.5. The lowest BCUT2D eigenvalue weighted by Crippen LogP contribution is -2.28. The Labute approximate surface area is 220 Å². The van der Waals surface area contributed by atoms with Crippen molar-refractivity contribution >= 4 is 22.4 Å². The number of rotatable bonds is 9. The largest absolute Gasteiger partial charge is 0.492 e. The van der Waals surface area contributed by atoms with Gasteiger partial charge in [0, 0.05) is 49.2 Å². The van der Waals surface area contributed by atoms with Crippen molar-refractivity contribution in [3.05, 3.63) is 60.7 Å². The minimum atomic E-state index is 0.593. The normalized spacial score (nSPS) is 20.3. The molecule has 2 aliphatic rings. The van der Waals surface area contributed by atoms with Crippen LogP contribution in [-0.4, -0.2) is 63.1 Å². The van der Waals surface area contributed by atoms with Crippen LogP contribution in [0.3, 0.4) is 0 Å². The van der Waals surface area contributed by atoms with E-state index in [0.29, 0.717) is 12.5 Å². The van der Waals surface area contributed by atoms with Crippen molar-refractivity contribution in [2.45, 2.75) is 13.5 Å². The van der Waals surface area contributed by atoms with Crippen molar-refractivity contribution < 1.29 is 9.47 Å². The van der Waals surface area contributed by atoms with Gasteiger partial charge >= 0.3 is 0 Å². The second-order valence-corrected chi connectivity index (χ2v) is 10.1. The van der Waals surface area contributed by atoms with Gasteiger partial charge in [0.25, 0.3) is 0 Å². The predicted molar refractivity (Wildman–Crippen MR) is 144 cm³/mol. The molecule has 5 aromatic rings. The summed E-state index contributed by atoms with van der Waals surface area (Å²) in [4.78, 5) is 11.6. The summed E-state index contributed by atoms with van der Waals surface area (Å²) >= 11 is 0. The number of piperidine rings is 1. The van der Waals surface area contributed by atoms with Gasteiger partial charge in [-0.3, -0.25) is 5.10 Å². The molecule has 1 unspecified atom stereocenters. The first-order chi connectivity index (χ1) is 18.7. The Morgan fingerprint density at radius 2 is 1.97 bits per heavy atom. The molecule has 2 fully saturated rings. The van der Waals surface area contributed by atoms with Gasteiger partial charge in [-0.25, -0.2) is 14.5 Å². The highest BCUT2D eigenvalue weighted by Gasteiger charge is 2.55. The number of pyridine rings is 3. The first-order valence-corrected chi connectivity index (χ1v) is 13.1. The molecule has 10 nitrogen and oxygen atoms in total. The molecule has 0 spiro atoms. The van der Waals surface area contributed by atoms with E-state index in [1.165, 1.54) is 5.56 Å². The Balaban J connectivity index is 1.01. The second-order valence-electron chi connectivity index (χ2n) is 10.1. The zero-order chi connectivity index (χ0) is 25.6. The number of aromatic amines is 1. The molecule has 0 bridgehead atoms. The summed E-state index contributed by atoms with van der Waals surface area (Å²) in [6, 6.07) is 10.3. The van der Waals surface area contributed by atoms with Crippen LogP contribution >= 0.6 is 0 Å². The van der Waals surface area contributed by atoms with Crippen molar-refractivity contribution in [1.82, 2.24) is 35.1 Å². The zero-order valence-electron chi connectivity index (χ0n) is 21.5. The van der Waals surface area contributed by atoms with Crippen molar-refractivity contribution in [1.29, 1.82) is 0 Å². The fraction of sp³-hybridized carbons (Fsp3) is 0.357. The van der Waals surface area contributed by atoms with E-state index >= 15 is 0 Å². The molecule has 194 valence electrons. The average molecular weight is 511 g/mol. The highest BCUT2D eigenvalue weighted by atomic mass is 16.5. The van der Waals surface area contributed by atoms with E-state index in [9.17, 15) is 0 Å². The lowest BCUT2D eigenvalue weighted by molar-refractivity contribution is 0.338. The first-order valence-electron chi connectivity index (χ1n) is 13.1. The van der Waals surface area contributed by atoms with E-state index < -0.39 is 0 Å². The summed E-state index contributed by atoms with van der Waals surface area (Å²) in [6.45, 7) is 6.58. The molecular weight excluding hydrogens is 480 g/mol. The molecular formula is C28H30N8O2. The fourth-order valence-corrected chi connectivity index (χ4v) is 5.90. The third-order valence-corrected chi connectivity index (χ3v) is 7.88. The number of H-pyrrole nitrogens is 1. The Morgan fingerprint density at radius 1 is 1.08 bits per heavy atom. The Bertz CT molecular complexity index is 1560. The molecule has 1 saturated carbocycles. The van der Waals surface area contributed by atoms with Gasteiger partial charge in [-0.05, 0) is 55.0 Å². The van der Waals surface area contributed by atoms with Crippen molar-refractivity contribution in [3.8, 4) is 22.8 Å². The van der Waals surface area contributed by atoms with Crippen molar-refractivity contribution in [2.24, 2.45) is 17.8 Å². The average Bonchev–Trinajstić information content (AvgIpc) is 3.35. The van der Waals surface area contributed by atoms with Crippen LogP contribution in [0.25, 0.3) is 27.7 Å². The molecule has 1 saturated heterocycles. The van der Waals surface area contributed by atoms with Gasteiger partial charge in [0.05, 0.1) is 37.0 Å². The smallest absolute Gasteiger partial charge is 0.212 e. The summed E-state index contributed by atoms with van der Waals surface area (Å²) in [5.74, 6) is 4.68. The number of nitrogens with one attached hydrogen (secondary N) is 2. The van der Waals surface area contributed by atoms with E-state index in [2.05, 4.69) is 54.8 Å². The number of nitrogens with zero attached hydrogens (tertiary/aromatic N) is 6. The lowest BCUT2D eigenvalue weighted by Gasteiger charge is -2.21. The molecule has 10 heteroatoms. The molecule has 6 heterocycles. The number of anilines is 1. The number of hydrogen-bond donors (Lipinski definition) is 2. The first kappa shape index (κ1) is 23.0. The summed E-state index contributed by atoms with van der Waals surface area (Å²) in [7, 11) is 1.64. The monoisotopic (exact) mass is 510 g/mol. The summed E-state index contributed by atoms with van der Waals surface area (Å²) in [5.41, 5.74) is 4.99. The molecule has 7 rings (SSSR count). The number of ether oxygens (including phenoxy) is 2. The maximum Gasteiger partial charge on any atom is 0.212 e. The van der Waals surface area contributed by atoms with E-state index in [-0.39, 0.29) is 0 Å². The summed E-state index contributed by atoms with van der Waals surface area (Å²) in [5, 5.41) is 16.3. The summed E-state index contributed by atoms with van der Waals surface area (Å²) < 4.78 is 12.8. The number of hydrogen-bond acceptors (Lipinski definition) is 8. The van der Waals surface area contributed by atoms with E-state index in [0.717, 1.165) is 83.2 Å². The minimum absolute atomic E-state index is 0.593. The highest BCUT2D eigenvalue weighted by Crippen LogP contribution is 2.52. The standard InChI is InChI=1S/C28H30N8O2/c1-3-38-19-8-20(27-22-13-32-33-28(22)34-36(27)14-19)18-5-6-25(30-11-18)35-15-23-21(24(23)16-35)12-29-9-17-4-7-26(37-2)31-10-17/h4-8,10-11,13-14,21,23-24,29H,3,9,12,15-16H2,1-2H3,(H,33,34)/t21?,23-,24+. The van der Waals surface area contributed by atoms with Gasteiger partial charge < -0.3 is 19.7 Å². The predicted octanol–water partition coefficient (Wildman–Crippen LogP) is 3.55. The maximum atomic E-state index is 5.81. The lowest BCUT2D eigenvalue weighted by atomic mass is 10.1. The SMILES string of the molecule is CCOc1cc(-c2ccc(N3C[C@@H]4C(CNCc5ccc(OC)nc5)[C@@H]4C3)nc2)c2c3cn[nH]c3nn2c1. The van der Waals surface area contributed by atoms with Gasteiger partial charge in [0.2, 0.25) is 5.88 Å². The molecule has 3 atom stereocenters. The molecule has 38 heavy (non-hydrogen) atoms. The molecule has 1 aliphatic heterocycles. The van der Waals surface area contributed by atoms with E-state index in [1.807, 2.05) is 42.3 Å². The Kier molecular flexibility index (Phi) is 5.61. The maximum absolute atomic E-state index is 5.81. The Morgan fingerprint density at radius 3 is 2.71 bits per heavy atom. The van der Waals surface area contributed by atoms with Crippen LogP contribution in [0.5, 0.6) is 11.6 Å². The van der Waals surface area contributed by atoms with Crippen molar-refractivity contribution in [3.63, 3.8) is 0 Å². The van der Waals surface area contributed by atoms with Crippen LogP contribution in [0.2, 0.25) is 0 Å². The van der Waals surface area contributed by atoms with Crippen LogP contribution in [0.1, 0.15) is 12.5 Å². The molecule has 5 aromatic heterocycles. The molecule has 1 aliphatic carbocycles. The van der Waals surface area contributed by atoms with Crippen LogP contribution in [-0.2, 0) is 6.54 Å². The van der Waals surface area contributed by atoms with Crippen molar-refractivity contribution in [2.75, 3.05) is 38.3 Å². The minimum Gasteiger partial charge on any atom is -0.492 e. The van der Waals surface area contributed by atoms with Crippen LogP contribution in [0, 0.1) is 17.8 Å². The van der Waals surface area contributed by atoms with Crippen LogP contribution in [0.4, 0.5) is 5.82 Å².